The van der Waals surface area contributed by atoms with Gasteiger partial charge in [0.1, 0.15) is 5.54 Å². The van der Waals surface area contributed by atoms with E-state index in [4.69, 9.17) is 26.3 Å². The predicted molar refractivity (Wildman–Crippen MR) is 76.9 cm³/mol. The topological polar surface area (TPSA) is 139 Å². The fourth-order valence-corrected chi connectivity index (χ4v) is 2.75. The van der Waals surface area contributed by atoms with Crippen molar-refractivity contribution in [3.05, 3.63) is 0 Å². The molecule has 0 radical (unpaired) electrons. The van der Waals surface area contributed by atoms with Crippen LogP contribution in [0.2, 0.25) is 6.32 Å². The second-order valence-corrected chi connectivity index (χ2v) is 5.78. The van der Waals surface area contributed by atoms with Gasteiger partial charge in [-0.15, -0.1) is 0 Å². The molecule has 0 aliphatic carbocycles. The Bertz CT molecular complexity index is 393. The fourth-order valence-electron chi connectivity index (χ4n) is 2.75. The number of methoxy groups -OCH3 is 1. The Balaban J connectivity index is 2.87. The second kappa shape index (κ2) is 7.21. The summed E-state index contributed by atoms with van der Waals surface area (Å²) in [5.41, 5.74) is 10.4. The summed E-state index contributed by atoms with van der Waals surface area (Å²) in [6, 6.07) is -0.686. The molecule has 120 valence electrons. The van der Waals surface area contributed by atoms with Gasteiger partial charge in [-0.2, -0.15) is 0 Å². The van der Waals surface area contributed by atoms with Gasteiger partial charge < -0.3 is 31.2 Å². The molecule has 1 heterocycles. The normalized spacial score (nSPS) is 27.1. The lowest BCUT2D eigenvalue weighted by molar-refractivity contribution is -0.152. The number of piperidine rings is 1. The van der Waals surface area contributed by atoms with E-state index in [9.17, 15) is 9.59 Å². The molecule has 1 amide bonds. The van der Waals surface area contributed by atoms with Crippen molar-refractivity contribution < 1.29 is 24.4 Å². The maximum absolute atomic E-state index is 12.1. The first-order chi connectivity index (χ1) is 9.69. The van der Waals surface area contributed by atoms with Gasteiger partial charge in [0, 0.05) is 13.1 Å². The van der Waals surface area contributed by atoms with E-state index in [0.29, 0.717) is 19.4 Å². The number of amides is 1. The lowest BCUT2D eigenvalue weighted by atomic mass is 9.75. The number of carbonyl (C=O) groups excluding carboxylic acids is 2. The standard InChI is InChI=1S/C12H24BN3O5/c1-8(14)10(17)16-6-9(3-4-13(19)20)5-12(15,7-16)11(18)21-2/h8-9,19-20H,3-7,14-15H2,1-2H3/t8?,9-,12+/m0/s1. The molecule has 1 fully saturated rings. The molecule has 8 nitrogen and oxygen atoms in total. The first-order valence-electron chi connectivity index (χ1n) is 6.97. The largest absolute Gasteiger partial charge is 0.468 e. The van der Waals surface area contributed by atoms with Crippen LogP contribution in [-0.4, -0.2) is 65.7 Å². The van der Waals surface area contributed by atoms with Crippen LogP contribution < -0.4 is 11.5 Å². The van der Waals surface area contributed by atoms with E-state index in [1.165, 1.54) is 12.0 Å². The van der Waals surface area contributed by atoms with Crippen molar-refractivity contribution in [1.29, 1.82) is 0 Å². The summed E-state index contributed by atoms with van der Waals surface area (Å²) in [6.45, 7) is 2.01. The Morgan fingerprint density at radius 1 is 1.52 bits per heavy atom. The molecule has 9 heteroatoms. The van der Waals surface area contributed by atoms with Gasteiger partial charge in [-0.05, 0) is 25.6 Å². The van der Waals surface area contributed by atoms with Crippen molar-refractivity contribution >= 4 is 19.0 Å². The fraction of sp³-hybridized carbons (Fsp3) is 0.833. The summed E-state index contributed by atoms with van der Waals surface area (Å²) in [7, 11) is -0.176. The maximum atomic E-state index is 12.1. The number of esters is 1. The van der Waals surface area contributed by atoms with Crippen molar-refractivity contribution in [3.8, 4) is 0 Å². The summed E-state index contributed by atoms with van der Waals surface area (Å²) >= 11 is 0. The molecule has 0 aromatic heterocycles. The van der Waals surface area contributed by atoms with Crippen LogP contribution in [-0.2, 0) is 14.3 Å². The van der Waals surface area contributed by atoms with Crippen molar-refractivity contribution in [2.45, 2.75) is 37.7 Å². The SMILES string of the molecule is COC(=O)[C@@]1(N)C[C@H](CCB(O)O)CN(C(=O)C(C)N)C1. The molecule has 1 saturated heterocycles. The van der Waals surface area contributed by atoms with Gasteiger partial charge in [0.25, 0.3) is 0 Å². The first kappa shape index (κ1) is 17.9. The highest BCUT2D eigenvalue weighted by Gasteiger charge is 2.45. The average molecular weight is 301 g/mol. The molecular weight excluding hydrogens is 277 g/mol. The number of rotatable bonds is 5. The summed E-state index contributed by atoms with van der Waals surface area (Å²) in [4.78, 5) is 25.4. The zero-order valence-corrected chi connectivity index (χ0v) is 12.5. The van der Waals surface area contributed by atoms with Crippen LogP contribution in [0.15, 0.2) is 0 Å². The van der Waals surface area contributed by atoms with Gasteiger partial charge in [0.2, 0.25) is 5.91 Å². The third kappa shape index (κ3) is 4.67. The van der Waals surface area contributed by atoms with Crippen LogP contribution in [0.1, 0.15) is 19.8 Å². The first-order valence-corrected chi connectivity index (χ1v) is 6.97. The number of hydrogen-bond acceptors (Lipinski definition) is 7. The molecule has 6 N–H and O–H groups in total. The Morgan fingerprint density at radius 2 is 2.14 bits per heavy atom. The van der Waals surface area contributed by atoms with Crippen LogP contribution in [0.3, 0.4) is 0 Å². The van der Waals surface area contributed by atoms with E-state index < -0.39 is 24.7 Å². The van der Waals surface area contributed by atoms with Crippen LogP contribution in [0.25, 0.3) is 0 Å². The van der Waals surface area contributed by atoms with Crippen LogP contribution in [0.5, 0.6) is 0 Å². The van der Waals surface area contributed by atoms with Crippen LogP contribution >= 0.6 is 0 Å². The molecule has 3 atom stereocenters. The van der Waals surface area contributed by atoms with E-state index in [1.54, 1.807) is 6.92 Å². The van der Waals surface area contributed by atoms with Crippen molar-refractivity contribution in [2.24, 2.45) is 17.4 Å². The predicted octanol–water partition coefficient (Wildman–Crippen LogP) is -2.08. The van der Waals surface area contributed by atoms with E-state index in [1.807, 2.05) is 0 Å². The van der Waals surface area contributed by atoms with Crippen molar-refractivity contribution in [2.75, 3.05) is 20.2 Å². The Hall–Kier alpha value is -1.16. The van der Waals surface area contributed by atoms with E-state index >= 15 is 0 Å². The lowest BCUT2D eigenvalue weighted by Crippen LogP contribution is -2.64. The van der Waals surface area contributed by atoms with E-state index in [2.05, 4.69) is 0 Å². The van der Waals surface area contributed by atoms with E-state index in [-0.39, 0.29) is 24.7 Å². The third-order valence-electron chi connectivity index (χ3n) is 3.73. The van der Waals surface area contributed by atoms with E-state index in [0.717, 1.165) is 0 Å². The van der Waals surface area contributed by atoms with Gasteiger partial charge in [-0.25, -0.2) is 4.79 Å². The average Bonchev–Trinajstić information content (AvgIpc) is 2.42. The minimum atomic E-state index is -1.42. The van der Waals surface area contributed by atoms with Crippen LogP contribution in [0, 0.1) is 5.92 Å². The van der Waals surface area contributed by atoms with Gasteiger partial charge >= 0.3 is 13.1 Å². The molecular formula is C12H24BN3O5. The monoisotopic (exact) mass is 301 g/mol. The molecule has 0 aromatic rings. The summed E-state index contributed by atoms with van der Waals surface area (Å²) < 4.78 is 4.72. The summed E-state index contributed by atoms with van der Waals surface area (Å²) in [5, 5.41) is 17.9. The zero-order valence-electron chi connectivity index (χ0n) is 12.5. The van der Waals surface area contributed by atoms with Crippen molar-refractivity contribution in [3.63, 3.8) is 0 Å². The maximum Gasteiger partial charge on any atom is 0.451 e. The number of nitrogens with two attached hydrogens (primary N) is 2. The highest BCUT2D eigenvalue weighted by molar-refractivity contribution is 6.40. The number of nitrogens with zero attached hydrogens (tertiary/aromatic N) is 1. The molecule has 0 spiro atoms. The Labute approximate surface area is 124 Å². The summed E-state index contributed by atoms with van der Waals surface area (Å²) in [5.74, 6) is -0.991. The number of hydrogen-bond donors (Lipinski definition) is 4. The molecule has 1 rings (SSSR count). The third-order valence-corrected chi connectivity index (χ3v) is 3.73. The van der Waals surface area contributed by atoms with Gasteiger partial charge in [0.15, 0.2) is 0 Å². The molecule has 1 unspecified atom stereocenters. The highest BCUT2D eigenvalue weighted by atomic mass is 16.5. The Kier molecular flexibility index (Phi) is 6.15. The molecule has 0 saturated carbocycles. The van der Waals surface area contributed by atoms with Crippen molar-refractivity contribution in [1.82, 2.24) is 4.90 Å². The van der Waals surface area contributed by atoms with Gasteiger partial charge in [0.05, 0.1) is 13.2 Å². The zero-order chi connectivity index (χ0) is 16.2. The smallest absolute Gasteiger partial charge is 0.451 e. The molecule has 1 aliphatic rings. The Morgan fingerprint density at radius 3 is 2.62 bits per heavy atom. The number of likely N-dealkylation sites (tertiary alicyclic amines) is 1. The molecule has 1 aliphatic heterocycles. The molecule has 21 heavy (non-hydrogen) atoms. The minimum absolute atomic E-state index is 0.0538. The quantitative estimate of drug-likeness (QED) is 0.337. The lowest BCUT2D eigenvalue weighted by Gasteiger charge is -2.43. The molecule has 0 bridgehead atoms. The highest BCUT2D eigenvalue weighted by Crippen LogP contribution is 2.28. The molecule has 0 aromatic carbocycles. The number of carbonyl (C=O) groups is 2. The van der Waals surface area contributed by atoms with Gasteiger partial charge in [-0.1, -0.05) is 6.42 Å². The summed E-state index contributed by atoms with van der Waals surface area (Å²) in [6.07, 6.45) is 0.924. The van der Waals surface area contributed by atoms with Crippen LogP contribution in [0.4, 0.5) is 0 Å². The van der Waals surface area contributed by atoms with Gasteiger partial charge in [-0.3, -0.25) is 4.79 Å². The minimum Gasteiger partial charge on any atom is -0.468 e. The second-order valence-electron chi connectivity index (χ2n) is 5.78. The number of ether oxygens (including phenoxy) is 1.